The number of hydrogen-bond acceptors (Lipinski definition) is 3. The molecular formula is C17H21NO2. The van der Waals surface area contributed by atoms with Gasteiger partial charge in [0.2, 0.25) is 0 Å². The van der Waals surface area contributed by atoms with Crippen LogP contribution in [0.3, 0.4) is 0 Å². The molecule has 1 heterocycles. The first-order chi connectivity index (χ1) is 9.69. The predicted molar refractivity (Wildman–Crippen MR) is 80.0 cm³/mol. The number of methoxy groups -OCH3 is 1. The highest BCUT2D eigenvalue weighted by molar-refractivity contribution is 5.69. The number of aryl methyl sites for hydroxylation is 1. The standard InChI is InChI=1S/C17H21NO2/c1-11-4-8-15(17(19-3)12(11)2)16-9-7-14(20-16)10-18-13-5-6-13/h4,7-9,13,18H,5-6,10H2,1-3H3. The Morgan fingerprint density at radius 1 is 1.20 bits per heavy atom. The lowest BCUT2D eigenvalue weighted by molar-refractivity contribution is 0.410. The minimum absolute atomic E-state index is 0.694. The minimum atomic E-state index is 0.694. The molecule has 0 amide bonds. The van der Waals surface area contributed by atoms with Crippen molar-refractivity contribution in [2.24, 2.45) is 0 Å². The monoisotopic (exact) mass is 271 g/mol. The van der Waals surface area contributed by atoms with Gasteiger partial charge in [-0.2, -0.15) is 0 Å². The molecule has 0 atom stereocenters. The summed E-state index contributed by atoms with van der Waals surface area (Å²) in [5.41, 5.74) is 3.42. The van der Waals surface area contributed by atoms with E-state index in [9.17, 15) is 0 Å². The zero-order valence-electron chi connectivity index (χ0n) is 12.3. The van der Waals surface area contributed by atoms with Crippen molar-refractivity contribution in [2.45, 2.75) is 39.3 Å². The van der Waals surface area contributed by atoms with Gasteiger partial charge in [0.05, 0.1) is 19.2 Å². The highest BCUT2D eigenvalue weighted by Gasteiger charge is 2.21. The quantitative estimate of drug-likeness (QED) is 0.897. The van der Waals surface area contributed by atoms with E-state index < -0.39 is 0 Å². The first-order valence-corrected chi connectivity index (χ1v) is 7.15. The molecule has 0 radical (unpaired) electrons. The van der Waals surface area contributed by atoms with Gasteiger partial charge >= 0.3 is 0 Å². The largest absolute Gasteiger partial charge is 0.496 e. The van der Waals surface area contributed by atoms with Crippen molar-refractivity contribution in [1.82, 2.24) is 5.32 Å². The maximum atomic E-state index is 5.94. The Labute approximate surface area is 119 Å². The van der Waals surface area contributed by atoms with E-state index in [2.05, 4.69) is 31.3 Å². The highest BCUT2D eigenvalue weighted by atomic mass is 16.5. The number of hydrogen-bond donors (Lipinski definition) is 1. The summed E-state index contributed by atoms with van der Waals surface area (Å²) in [6.07, 6.45) is 2.58. The fraction of sp³-hybridized carbons (Fsp3) is 0.412. The van der Waals surface area contributed by atoms with Crippen molar-refractivity contribution in [2.75, 3.05) is 7.11 Å². The van der Waals surface area contributed by atoms with Gasteiger partial charge in [-0.15, -0.1) is 0 Å². The van der Waals surface area contributed by atoms with Crippen LogP contribution in [0.5, 0.6) is 5.75 Å². The average Bonchev–Trinajstić information content (AvgIpc) is 3.17. The summed E-state index contributed by atoms with van der Waals surface area (Å²) in [4.78, 5) is 0. The van der Waals surface area contributed by atoms with E-state index in [0.717, 1.165) is 29.4 Å². The van der Waals surface area contributed by atoms with E-state index in [-0.39, 0.29) is 0 Å². The van der Waals surface area contributed by atoms with Crippen LogP contribution in [0.2, 0.25) is 0 Å². The molecule has 1 aliphatic rings. The van der Waals surface area contributed by atoms with Crippen LogP contribution in [-0.4, -0.2) is 13.2 Å². The SMILES string of the molecule is COc1c(-c2ccc(CNC3CC3)o2)ccc(C)c1C. The van der Waals surface area contributed by atoms with E-state index >= 15 is 0 Å². The number of furan rings is 1. The lowest BCUT2D eigenvalue weighted by atomic mass is 10.0. The lowest BCUT2D eigenvalue weighted by Gasteiger charge is -2.11. The molecule has 1 aromatic carbocycles. The second-order valence-electron chi connectivity index (χ2n) is 5.51. The Balaban J connectivity index is 1.86. The van der Waals surface area contributed by atoms with Crippen LogP contribution in [0.25, 0.3) is 11.3 Å². The third-order valence-electron chi connectivity index (χ3n) is 3.95. The Bertz CT molecular complexity index is 611. The van der Waals surface area contributed by atoms with Crippen LogP contribution in [0.15, 0.2) is 28.7 Å². The van der Waals surface area contributed by atoms with Crippen LogP contribution in [-0.2, 0) is 6.54 Å². The zero-order valence-corrected chi connectivity index (χ0v) is 12.3. The Kier molecular flexibility index (Phi) is 3.53. The summed E-state index contributed by atoms with van der Waals surface area (Å²) < 4.78 is 11.5. The third kappa shape index (κ3) is 2.59. The summed E-state index contributed by atoms with van der Waals surface area (Å²) >= 11 is 0. The van der Waals surface area contributed by atoms with Crippen molar-refractivity contribution in [3.8, 4) is 17.1 Å². The Morgan fingerprint density at radius 2 is 2.00 bits per heavy atom. The molecule has 0 bridgehead atoms. The van der Waals surface area contributed by atoms with Gasteiger partial charge in [-0.1, -0.05) is 6.07 Å². The molecule has 3 nitrogen and oxygen atoms in total. The zero-order chi connectivity index (χ0) is 14.1. The van der Waals surface area contributed by atoms with E-state index in [4.69, 9.17) is 9.15 Å². The van der Waals surface area contributed by atoms with Crippen LogP contribution in [0.1, 0.15) is 29.7 Å². The molecule has 1 saturated carbocycles. The fourth-order valence-electron chi connectivity index (χ4n) is 2.40. The fourth-order valence-corrected chi connectivity index (χ4v) is 2.40. The first kappa shape index (κ1) is 13.3. The molecule has 20 heavy (non-hydrogen) atoms. The molecule has 0 unspecified atom stereocenters. The first-order valence-electron chi connectivity index (χ1n) is 7.15. The summed E-state index contributed by atoms with van der Waals surface area (Å²) in [5, 5.41) is 3.46. The smallest absolute Gasteiger partial charge is 0.138 e. The Hall–Kier alpha value is -1.74. The van der Waals surface area contributed by atoms with Gasteiger partial charge in [0, 0.05) is 6.04 Å². The average molecular weight is 271 g/mol. The van der Waals surface area contributed by atoms with Crippen molar-refractivity contribution in [1.29, 1.82) is 0 Å². The Morgan fingerprint density at radius 3 is 2.70 bits per heavy atom. The number of nitrogens with one attached hydrogen (secondary N) is 1. The van der Waals surface area contributed by atoms with Crippen LogP contribution >= 0.6 is 0 Å². The highest BCUT2D eigenvalue weighted by Crippen LogP contribution is 2.35. The van der Waals surface area contributed by atoms with E-state index in [1.165, 1.54) is 24.0 Å². The molecule has 3 heteroatoms. The van der Waals surface area contributed by atoms with Gasteiger partial charge in [0.1, 0.15) is 17.3 Å². The van der Waals surface area contributed by atoms with Gasteiger partial charge in [-0.3, -0.25) is 0 Å². The third-order valence-corrected chi connectivity index (χ3v) is 3.95. The summed E-state index contributed by atoms with van der Waals surface area (Å²) in [5.74, 6) is 2.76. The molecule has 1 fully saturated rings. The van der Waals surface area contributed by atoms with E-state index in [0.29, 0.717) is 6.04 Å². The summed E-state index contributed by atoms with van der Waals surface area (Å²) in [7, 11) is 1.71. The molecule has 3 rings (SSSR count). The molecule has 1 aliphatic carbocycles. The van der Waals surface area contributed by atoms with Gasteiger partial charge in [0.15, 0.2) is 0 Å². The molecule has 106 valence electrons. The van der Waals surface area contributed by atoms with Crippen LogP contribution in [0, 0.1) is 13.8 Å². The van der Waals surface area contributed by atoms with Gasteiger partial charge < -0.3 is 14.5 Å². The lowest BCUT2D eigenvalue weighted by Crippen LogP contribution is -2.14. The number of benzene rings is 1. The second-order valence-corrected chi connectivity index (χ2v) is 5.51. The maximum absolute atomic E-state index is 5.94. The van der Waals surface area contributed by atoms with Gasteiger partial charge in [-0.25, -0.2) is 0 Å². The molecule has 2 aromatic rings. The van der Waals surface area contributed by atoms with Crippen LogP contribution in [0.4, 0.5) is 0 Å². The topological polar surface area (TPSA) is 34.4 Å². The molecule has 0 saturated heterocycles. The van der Waals surface area contributed by atoms with Crippen molar-refractivity contribution in [3.05, 3.63) is 41.2 Å². The maximum Gasteiger partial charge on any atom is 0.138 e. The molecular weight excluding hydrogens is 250 g/mol. The number of ether oxygens (including phenoxy) is 1. The predicted octanol–water partition coefficient (Wildman–Crippen LogP) is 3.82. The molecule has 1 aromatic heterocycles. The van der Waals surface area contributed by atoms with Gasteiger partial charge in [-0.05, 0) is 56.0 Å². The molecule has 0 aliphatic heterocycles. The molecule has 0 spiro atoms. The van der Waals surface area contributed by atoms with Gasteiger partial charge in [0.25, 0.3) is 0 Å². The summed E-state index contributed by atoms with van der Waals surface area (Å²) in [6.45, 7) is 4.97. The number of rotatable bonds is 5. The van der Waals surface area contributed by atoms with Crippen molar-refractivity contribution in [3.63, 3.8) is 0 Å². The van der Waals surface area contributed by atoms with Crippen molar-refractivity contribution < 1.29 is 9.15 Å². The normalized spacial score (nSPS) is 14.6. The minimum Gasteiger partial charge on any atom is -0.496 e. The second kappa shape index (κ2) is 5.33. The van der Waals surface area contributed by atoms with E-state index in [1.807, 2.05) is 12.1 Å². The van der Waals surface area contributed by atoms with Crippen LogP contribution < -0.4 is 10.1 Å². The summed E-state index contributed by atoms with van der Waals surface area (Å²) in [6, 6.07) is 8.94. The molecule has 1 N–H and O–H groups in total. The van der Waals surface area contributed by atoms with E-state index in [1.54, 1.807) is 7.11 Å². The van der Waals surface area contributed by atoms with Crippen molar-refractivity contribution >= 4 is 0 Å².